The average molecular weight is 229 g/mol. The Hall–Kier alpha value is -1.00. The van der Waals surface area contributed by atoms with Gasteiger partial charge in [0.2, 0.25) is 0 Å². The Bertz CT molecular complexity index is 334. The lowest BCUT2D eigenvalue weighted by molar-refractivity contribution is -0.0757. The molecule has 0 saturated carbocycles. The second-order valence-electron chi connectivity index (χ2n) is 4.58. The maximum absolute atomic E-state index is 12.4. The number of hydrogen-bond acceptors (Lipinski definition) is 2. The van der Waals surface area contributed by atoms with Crippen molar-refractivity contribution < 1.29 is 13.6 Å². The number of benzene rings is 1. The molecule has 1 N–H and O–H groups in total. The fourth-order valence-electron chi connectivity index (χ4n) is 1.17. The highest BCUT2D eigenvalue weighted by Crippen LogP contribution is 2.19. The normalized spacial score (nSPS) is 12.1. The Morgan fingerprint density at radius 2 is 2.00 bits per heavy atom. The Labute approximate surface area is 94.6 Å². The van der Waals surface area contributed by atoms with E-state index < -0.39 is 6.43 Å². The van der Waals surface area contributed by atoms with Gasteiger partial charge in [0.15, 0.2) is 0 Å². The van der Waals surface area contributed by atoms with Gasteiger partial charge in [-0.25, -0.2) is 8.78 Å². The van der Waals surface area contributed by atoms with E-state index in [1.807, 2.05) is 20.8 Å². The zero-order valence-electron chi connectivity index (χ0n) is 9.76. The van der Waals surface area contributed by atoms with Gasteiger partial charge in [0.25, 0.3) is 6.43 Å². The van der Waals surface area contributed by atoms with Gasteiger partial charge in [-0.2, -0.15) is 5.48 Å². The molecule has 1 aromatic rings. The number of hydrogen-bond donors (Lipinski definition) is 1. The molecule has 0 radical (unpaired) electrons. The van der Waals surface area contributed by atoms with Crippen LogP contribution in [0.1, 0.15) is 38.3 Å². The van der Waals surface area contributed by atoms with Gasteiger partial charge < -0.3 is 0 Å². The first-order valence-corrected chi connectivity index (χ1v) is 5.16. The second-order valence-corrected chi connectivity index (χ2v) is 4.58. The second kappa shape index (κ2) is 5.37. The van der Waals surface area contributed by atoms with E-state index in [4.69, 9.17) is 4.84 Å². The molecule has 0 atom stereocenters. The predicted molar refractivity (Wildman–Crippen MR) is 59.1 cm³/mol. The Morgan fingerprint density at radius 3 is 2.56 bits per heavy atom. The summed E-state index contributed by atoms with van der Waals surface area (Å²) < 4.78 is 24.8. The van der Waals surface area contributed by atoms with Crippen LogP contribution in [0, 0.1) is 0 Å². The van der Waals surface area contributed by atoms with Crippen molar-refractivity contribution in [3.63, 3.8) is 0 Å². The van der Waals surface area contributed by atoms with Crippen LogP contribution in [0.5, 0.6) is 0 Å². The van der Waals surface area contributed by atoms with E-state index in [9.17, 15) is 8.78 Å². The van der Waals surface area contributed by atoms with Crippen molar-refractivity contribution in [2.75, 3.05) is 0 Å². The minimum absolute atomic E-state index is 0.0371. The lowest BCUT2D eigenvalue weighted by Gasteiger charge is -2.19. The van der Waals surface area contributed by atoms with Crippen LogP contribution in [0.3, 0.4) is 0 Å². The van der Waals surface area contributed by atoms with Gasteiger partial charge in [-0.3, -0.25) is 4.84 Å². The maximum atomic E-state index is 12.4. The summed E-state index contributed by atoms with van der Waals surface area (Å²) >= 11 is 0. The standard InChI is InChI=1S/C12H17F2NO/c1-12(2,3)16-15-8-9-5-4-6-10(7-9)11(13)14/h4-7,11,15H,8H2,1-3H3. The molecule has 4 heteroatoms. The molecule has 0 saturated heterocycles. The van der Waals surface area contributed by atoms with Crippen molar-refractivity contribution >= 4 is 0 Å². The zero-order valence-corrected chi connectivity index (χ0v) is 9.76. The number of alkyl halides is 2. The third-order valence-corrected chi connectivity index (χ3v) is 1.86. The molecule has 0 aliphatic heterocycles. The van der Waals surface area contributed by atoms with Gasteiger partial charge in [0, 0.05) is 12.1 Å². The van der Waals surface area contributed by atoms with E-state index in [2.05, 4.69) is 5.48 Å². The molecule has 0 aromatic heterocycles. The van der Waals surface area contributed by atoms with E-state index >= 15 is 0 Å². The molecule has 2 nitrogen and oxygen atoms in total. The minimum Gasteiger partial charge on any atom is -0.296 e. The van der Waals surface area contributed by atoms with Crippen LogP contribution in [0.25, 0.3) is 0 Å². The Balaban J connectivity index is 2.51. The molecule has 0 amide bonds. The van der Waals surface area contributed by atoms with Gasteiger partial charge in [0.1, 0.15) is 0 Å². The molecule has 0 fully saturated rings. The molecule has 1 rings (SSSR count). The SMILES string of the molecule is CC(C)(C)ONCc1cccc(C(F)F)c1. The van der Waals surface area contributed by atoms with Gasteiger partial charge >= 0.3 is 0 Å². The van der Waals surface area contributed by atoms with Crippen molar-refractivity contribution in [1.82, 2.24) is 5.48 Å². The predicted octanol–water partition coefficient (Wildman–Crippen LogP) is 3.44. The highest BCUT2D eigenvalue weighted by molar-refractivity contribution is 5.24. The third-order valence-electron chi connectivity index (χ3n) is 1.86. The molecule has 90 valence electrons. The van der Waals surface area contributed by atoms with Crippen LogP contribution in [0.4, 0.5) is 8.78 Å². The third kappa shape index (κ3) is 4.68. The largest absolute Gasteiger partial charge is 0.296 e. The summed E-state index contributed by atoms with van der Waals surface area (Å²) in [6.07, 6.45) is -2.43. The first-order valence-electron chi connectivity index (χ1n) is 5.16. The van der Waals surface area contributed by atoms with Gasteiger partial charge in [-0.1, -0.05) is 18.2 Å². The Morgan fingerprint density at radius 1 is 1.31 bits per heavy atom. The summed E-state index contributed by atoms with van der Waals surface area (Å²) in [5.41, 5.74) is 3.29. The molecule has 0 unspecified atom stereocenters. The van der Waals surface area contributed by atoms with Crippen molar-refractivity contribution in [3.8, 4) is 0 Å². The van der Waals surface area contributed by atoms with Crippen molar-refractivity contribution in [1.29, 1.82) is 0 Å². The molecule has 0 heterocycles. The number of rotatable bonds is 4. The van der Waals surface area contributed by atoms with Crippen molar-refractivity contribution in [2.45, 2.75) is 39.3 Å². The zero-order chi connectivity index (χ0) is 12.2. The summed E-state index contributed by atoms with van der Waals surface area (Å²) in [5, 5.41) is 0. The van der Waals surface area contributed by atoms with E-state index in [1.165, 1.54) is 12.1 Å². The van der Waals surface area contributed by atoms with Crippen molar-refractivity contribution in [2.24, 2.45) is 0 Å². The van der Waals surface area contributed by atoms with Crippen molar-refractivity contribution in [3.05, 3.63) is 35.4 Å². The Kier molecular flexibility index (Phi) is 4.38. The molecule has 0 bridgehead atoms. The summed E-state index contributed by atoms with van der Waals surface area (Å²) in [6.45, 7) is 6.15. The lowest BCUT2D eigenvalue weighted by atomic mass is 10.1. The van der Waals surface area contributed by atoms with Crippen LogP contribution in [0.2, 0.25) is 0 Å². The average Bonchev–Trinajstić information content (AvgIpc) is 2.16. The minimum atomic E-state index is -2.43. The smallest absolute Gasteiger partial charge is 0.263 e. The summed E-state index contributed by atoms with van der Waals surface area (Å²) in [6, 6.07) is 6.29. The summed E-state index contributed by atoms with van der Waals surface area (Å²) in [5.74, 6) is 0. The fourth-order valence-corrected chi connectivity index (χ4v) is 1.17. The van der Waals surface area contributed by atoms with Gasteiger partial charge in [-0.15, -0.1) is 0 Å². The molecule has 0 spiro atoms. The van der Waals surface area contributed by atoms with Crippen LogP contribution >= 0.6 is 0 Å². The van der Waals surface area contributed by atoms with Crippen LogP contribution < -0.4 is 5.48 Å². The van der Waals surface area contributed by atoms with E-state index in [0.29, 0.717) is 6.54 Å². The van der Waals surface area contributed by atoms with Crippen LogP contribution in [0.15, 0.2) is 24.3 Å². The lowest BCUT2D eigenvalue weighted by Crippen LogP contribution is -2.28. The highest BCUT2D eigenvalue weighted by Gasteiger charge is 2.10. The number of nitrogens with one attached hydrogen (secondary N) is 1. The number of halogens is 2. The summed E-state index contributed by atoms with van der Waals surface area (Å²) in [4.78, 5) is 5.30. The van der Waals surface area contributed by atoms with E-state index in [1.54, 1.807) is 12.1 Å². The topological polar surface area (TPSA) is 21.3 Å². The molecule has 0 aliphatic carbocycles. The first-order chi connectivity index (χ1) is 7.38. The van der Waals surface area contributed by atoms with E-state index in [0.717, 1.165) is 5.56 Å². The number of hydroxylamine groups is 1. The molecule has 0 aliphatic rings. The monoisotopic (exact) mass is 229 g/mol. The molecular formula is C12H17F2NO. The summed E-state index contributed by atoms with van der Waals surface area (Å²) in [7, 11) is 0. The fraction of sp³-hybridized carbons (Fsp3) is 0.500. The quantitative estimate of drug-likeness (QED) is 0.798. The molecule has 16 heavy (non-hydrogen) atoms. The van der Waals surface area contributed by atoms with Crippen LogP contribution in [-0.2, 0) is 11.4 Å². The molecular weight excluding hydrogens is 212 g/mol. The highest BCUT2D eigenvalue weighted by atomic mass is 19.3. The van der Waals surface area contributed by atoms with Gasteiger partial charge in [0.05, 0.1) is 5.60 Å². The first kappa shape index (κ1) is 13.1. The van der Waals surface area contributed by atoms with Gasteiger partial charge in [-0.05, 0) is 32.4 Å². The van der Waals surface area contributed by atoms with Crippen LogP contribution in [-0.4, -0.2) is 5.60 Å². The molecule has 1 aromatic carbocycles. The van der Waals surface area contributed by atoms with E-state index in [-0.39, 0.29) is 11.2 Å². The maximum Gasteiger partial charge on any atom is 0.263 e.